The van der Waals surface area contributed by atoms with Gasteiger partial charge in [-0.25, -0.2) is 0 Å². The molecule has 0 saturated carbocycles. The van der Waals surface area contributed by atoms with Gasteiger partial charge in [0.25, 0.3) is 11.7 Å². The van der Waals surface area contributed by atoms with Gasteiger partial charge in [0.05, 0.1) is 11.3 Å². The summed E-state index contributed by atoms with van der Waals surface area (Å²) in [6.45, 7) is 0. The van der Waals surface area contributed by atoms with E-state index in [1.807, 2.05) is 30.3 Å². The van der Waals surface area contributed by atoms with E-state index in [0.29, 0.717) is 28.3 Å². The molecule has 1 aliphatic rings. The molecule has 0 saturated heterocycles. The minimum absolute atomic E-state index is 0.201. The zero-order valence-corrected chi connectivity index (χ0v) is 13.6. The molecule has 1 amide bonds. The van der Waals surface area contributed by atoms with Crippen LogP contribution < -0.4 is 10.1 Å². The SMILES string of the molecule is O=C1Nc2cc(C(=O)c3ccc(Oc4ccccc4)cc3)ccc2C1=O. The first-order valence-corrected chi connectivity index (χ1v) is 7.99. The molecule has 4 rings (SSSR count). The van der Waals surface area contributed by atoms with Crippen molar-refractivity contribution in [3.8, 4) is 11.5 Å². The Morgan fingerprint density at radius 1 is 0.769 bits per heavy atom. The largest absolute Gasteiger partial charge is 0.457 e. The van der Waals surface area contributed by atoms with Crippen LogP contribution in [0.3, 0.4) is 0 Å². The van der Waals surface area contributed by atoms with Crippen molar-refractivity contribution >= 4 is 23.2 Å². The number of rotatable bonds is 4. The molecule has 5 heteroatoms. The molecular weight excluding hydrogens is 330 g/mol. The van der Waals surface area contributed by atoms with E-state index in [4.69, 9.17) is 4.74 Å². The fourth-order valence-electron chi connectivity index (χ4n) is 2.75. The van der Waals surface area contributed by atoms with Crippen LogP contribution in [0.15, 0.2) is 72.8 Å². The van der Waals surface area contributed by atoms with Gasteiger partial charge in [0.2, 0.25) is 0 Å². The molecule has 1 N–H and O–H groups in total. The highest BCUT2D eigenvalue weighted by Crippen LogP contribution is 2.26. The first kappa shape index (κ1) is 15.8. The lowest BCUT2D eigenvalue weighted by Gasteiger charge is -2.07. The van der Waals surface area contributed by atoms with E-state index in [1.165, 1.54) is 12.1 Å². The van der Waals surface area contributed by atoms with Crippen LogP contribution >= 0.6 is 0 Å². The summed E-state index contributed by atoms with van der Waals surface area (Å²) in [4.78, 5) is 35.7. The summed E-state index contributed by atoms with van der Waals surface area (Å²) >= 11 is 0. The smallest absolute Gasteiger partial charge is 0.296 e. The van der Waals surface area contributed by atoms with Crippen LogP contribution in [0.5, 0.6) is 11.5 Å². The predicted octanol–water partition coefficient (Wildman–Crippen LogP) is 3.84. The number of ketones is 2. The van der Waals surface area contributed by atoms with Crippen molar-refractivity contribution in [3.05, 3.63) is 89.5 Å². The Hall–Kier alpha value is -3.73. The fraction of sp³-hybridized carbons (Fsp3) is 0. The van der Waals surface area contributed by atoms with Crippen molar-refractivity contribution in [1.82, 2.24) is 0 Å². The molecular formula is C21H13NO4. The number of carbonyl (C=O) groups is 3. The summed E-state index contributed by atoms with van der Waals surface area (Å²) in [5.74, 6) is -0.119. The molecule has 0 fully saturated rings. The highest BCUT2D eigenvalue weighted by Gasteiger charge is 2.28. The minimum Gasteiger partial charge on any atom is -0.457 e. The zero-order chi connectivity index (χ0) is 18.1. The van der Waals surface area contributed by atoms with Gasteiger partial charge in [0, 0.05) is 11.1 Å². The fourth-order valence-corrected chi connectivity index (χ4v) is 2.75. The molecule has 0 bridgehead atoms. The molecule has 3 aromatic rings. The molecule has 0 unspecified atom stereocenters. The van der Waals surface area contributed by atoms with Gasteiger partial charge in [0.1, 0.15) is 11.5 Å². The maximum Gasteiger partial charge on any atom is 0.296 e. The highest BCUT2D eigenvalue weighted by molar-refractivity contribution is 6.51. The first-order chi connectivity index (χ1) is 12.6. The first-order valence-electron chi connectivity index (χ1n) is 7.99. The number of amides is 1. The molecule has 0 aliphatic carbocycles. The number of fused-ring (bicyclic) bond motifs is 1. The summed E-state index contributed by atoms with van der Waals surface area (Å²) in [5, 5.41) is 2.47. The quantitative estimate of drug-likeness (QED) is 0.577. The second-order valence-corrected chi connectivity index (χ2v) is 5.81. The maximum atomic E-state index is 12.6. The normalized spacial score (nSPS) is 12.5. The Labute approximate surface area is 149 Å². The monoisotopic (exact) mass is 343 g/mol. The van der Waals surface area contributed by atoms with Crippen LogP contribution in [-0.2, 0) is 4.79 Å². The minimum atomic E-state index is -0.674. The van der Waals surface area contributed by atoms with Crippen LogP contribution in [0, 0.1) is 0 Å². The molecule has 1 heterocycles. The Morgan fingerprint density at radius 3 is 2.15 bits per heavy atom. The molecule has 5 nitrogen and oxygen atoms in total. The number of nitrogens with one attached hydrogen (secondary N) is 1. The van der Waals surface area contributed by atoms with Crippen LogP contribution in [0.2, 0.25) is 0 Å². The van der Waals surface area contributed by atoms with E-state index in [0.717, 1.165) is 0 Å². The molecule has 3 aromatic carbocycles. The van der Waals surface area contributed by atoms with Gasteiger partial charge in [-0.15, -0.1) is 0 Å². The lowest BCUT2D eigenvalue weighted by atomic mass is 10.0. The summed E-state index contributed by atoms with van der Waals surface area (Å²) in [6, 6.07) is 20.7. The van der Waals surface area contributed by atoms with Crippen molar-refractivity contribution in [1.29, 1.82) is 0 Å². The van der Waals surface area contributed by atoms with Gasteiger partial charge >= 0.3 is 0 Å². The lowest BCUT2D eigenvalue weighted by Crippen LogP contribution is -2.12. The number of carbonyl (C=O) groups excluding carboxylic acids is 3. The van der Waals surface area contributed by atoms with E-state index in [2.05, 4.69) is 5.32 Å². The average Bonchev–Trinajstić information content (AvgIpc) is 2.96. The number of para-hydroxylation sites is 1. The molecule has 26 heavy (non-hydrogen) atoms. The van der Waals surface area contributed by atoms with Crippen molar-refractivity contribution in [2.45, 2.75) is 0 Å². The number of anilines is 1. The third-order valence-corrected chi connectivity index (χ3v) is 4.08. The lowest BCUT2D eigenvalue weighted by molar-refractivity contribution is -0.112. The van der Waals surface area contributed by atoms with E-state index in [9.17, 15) is 14.4 Å². The Balaban J connectivity index is 1.55. The van der Waals surface area contributed by atoms with E-state index >= 15 is 0 Å². The van der Waals surface area contributed by atoms with Crippen molar-refractivity contribution < 1.29 is 19.1 Å². The van der Waals surface area contributed by atoms with Crippen LogP contribution in [0.1, 0.15) is 26.3 Å². The number of benzene rings is 3. The standard InChI is InChI=1S/C21H13NO4/c23-19(14-8-11-17-18(12-14)22-21(25)20(17)24)13-6-9-16(10-7-13)26-15-4-2-1-3-5-15/h1-12H,(H,22,24,25). The summed E-state index contributed by atoms with van der Waals surface area (Å²) < 4.78 is 5.71. The molecule has 0 spiro atoms. The van der Waals surface area contributed by atoms with E-state index in [-0.39, 0.29) is 11.3 Å². The number of ether oxygens (including phenoxy) is 1. The van der Waals surface area contributed by atoms with Gasteiger partial charge in [0.15, 0.2) is 5.78 Å². The summed E-state index contributed by atoms with van der Waals surface area (Å²) in [6.07, 6.45) is 0. The van der Waals surface area contributed by atoms with E-state index < -0.39 is 11.7 Å². The van der Waals surface area contributed by atoms with E-state index in [1.54, 1.807) is 30.3 Å². The van der Waals surface area contributed by atoms with Crippen LogP contribution in [0.25, 0.3) is 0 Å². The second-order valence-electron chi connectivity index (χ2n) is 5.81. The summed E-state index contributed by atoms with van der Waals surface area (Å²) in [7, 11) is 0. The topological polar surface area (TPSA) is 72.5 Å². The van der Waals surface area contributed by atoms with Crippen molar-refractivity contribution in [3.63, 3.8) is 0 Å². The van der Waals surface area contributed by atoms with Gasteiger partial charge in [-0.2, -0.15) is 0 Å². The summed E-state index contributed by atoms with van der Waals surface area (Å²) in [5.41, 5.74) is 1.55. The van der Waals surface area contributed by atoms with Gasteiger partial charge in [-0.1, -0.05) is 24.3 Å². The molecule has 0 aromatic heterocycles. The molecule has 0 atom stereocenters. The molecule has 126 valence electrons. The molecule has 1 aliphatic heterocycles. The third kappa shape index (κ3) is 2.86. The van der Waals surface area contributed by atoms with Crippen molar-refractivity contribution in [2.24, 2.45) is 0 Å². The third-order valence-electron chi connectivity index (χ3n) is 4.08. The average molecular weight is 343 g/mol. The van der Waals surface area contributed by atoms with Crippen LogP contribution in [0.4, 0.5) is 5.69 Å². The maximum absolute atomic E-state index is 12.6. The Bertz CT molecular complexity index is 1020. The number of hydrogen-bond acceptors (Lipinski definition) is 4. The van der Waals surface area contributed by atoms with Gasteiger partial charge in [-0.3, -0.25) is 14.4 Å². The van der Waals surface area contributed by atoms with Crippen LogP contribution in [-0.4, -0.2) is 17.5 Å². The number of Topliss-reactive ketones (excluding diaryl/α,β-unsaturated/α-hetero) is 1. The Kier molecular flexibility index (Phi) is 3.82. The Morgan fingerprint density at radius 2 is 1.42 bits per heavy atom. The predicted molar refractivity (Wildman–Crippen MR) is 95.8 cm³/mol. The van der Waals surface area contributed by atoms with Gasteiger partial charge in [-0.05, 0) is 48.5 Å². The zero-order valence-electron chi connectivity index (χ0n) is 13.6. The van der Waals surface area contributed by atoms with Crippen molar-refractivity contribution in [2.75, 3.05) is 5.32 Å². The molecule has 0 radical (unpaired) electrons. The second kappa shape index (κ2) is 6.29. The van der Waals surface area contributed by atoms with Gasteiger partial charge < -0.3 is 10.1 Å². The highest BCUT2D eigenvalue weighted by atomic mass is 16.5. The number of hydrogen-bond donors (Lipinski definition) is 1.